The molecule has 2 aromatic rings. The van der Waals surface area contributed by atoms with Crippen LogP contribution in [0.5, 0.6) is 0 Å². The van der Waals surface area contributed by atoms with Gasteiger partial charge in [0.25, 0.3) is 0 Å². The van der Waals surface area contributed by atoms with Gasteiger partial charge < -0.3 is 15.1 Å². The zero-order chi connectivity index (χ0) is 10.8. The first-order valence-corrected chi connectivity index (χ1v) is 5.16. The molecule has 0 saturated heterocycles. The van der Waals surface area contributed by atoms with Gasteiger partial charge in [-0.3, -0.25) is 0 Å². The third-order valence-electron chi connectivity index (χ3n) is 2.39. The van der Waals surface area contributed by atoms with E-state index in [1.54, 1.807) is 6.07 Å². The van der Waals surface area contributed by atoms with Gasteiger partial charge >= 0.3 is 7.12 Å². The summed E-state index contributed by atoms with van der Waals surface area (Å²) in [5.74, 6) is 0. The highest BCUT2D eigenvalue weighted by atomic mass is 31.0. The molecule has 0 radical (unpaired) electrons. The molecule has 0 heterocycles. The molecule has 0 amide bonds. The van der Waals surface area contributed by atoms with Crippen molar-refractivity contribution >= 4 is 38.4 Å². The minimum absolute atomic E-state index is 0.523. The fraction of sp³-hybridized carbons (Fsp3) is 0. The normalized spacial score (nSPS) is 10.3. The van der Waals surface area contributed by atoms with Crippen LogP contribution >= 0.6 is 9.39 Å². The lowest BCUT2D eigenvalue weighted by Gasteiger charge is -2.09. The Labute approximate surface area is 90.5 Å². The minimum atomic E-state index is -1.44. The van der Waals surface area contributed by atoms with Gasteiger partial charge in [-0.05, 0) is 26.3 Å². The van der Waals surface area contributed by atoms with E-state index in [1.807, 2.05) is 30.3 Å². The predicted octanol–water partition coefficient (Wildman–Crippen LogP) is 0.722. The average molecular weight is 219 g/mol. The molecule has 1 atom stereocenters. The summed E-state index contributed by atoms with van der Waals surface area (Å²) in [7, 11) is 0.995. The van der Waals surface area contributed by atoms with E-state index in [0.717, 1.165) is 16.5 Å². The van der Waals surface area contributed by atoms with Crippen molar-refractivity contribution in [2.45, 2.75) is 0 Å². The van der Waals surface area contributed by atoms with E-state index in [2.05, 4.69) is 14.5 Å². The lowest BCUT2D eigenvalue weighted by Crippen LogP contribution is -2.30. The molecule has 0 spiro atoms. The van der Waals surface area contributed by atoms with Gasteiger partial charge in [0.2, 0.25) is 0 Å². The first kappa shape index (κ1) is 10.4. The van der Waals surface area contributed by atoms with Crippen LogP contribution in [0.1, 0.15) is 0 Å². The summed E-state index contributed by atoms with van der Waals surface area (Å²) in [5, 5.41) is 23.2. The number of benzene rings is 2. The second kappa shape index (κ2) is 4.19. The Morgan fingerprint density at radius 2 is 1.67 bits per heavy atom. The maximum Gasteiger partial charge on any atom is 0.489 e. The summed E-state index contributed by atoms with van der Waals surface area (Å²) in [6.45, 7) is 0. The molecule has 3 N–H and O–H groups in total. The molecule has 1 unspecified atom stereocenters. The average Bonchev–Trinajstić information content (AvgIpc) is 2.27. The number of fused-ring (bicyclic) bond motifs is 1. The Bertz CT molecular complexity index is 490. The van der Waals surface area contributed by atoms with Crippen LogP contribution in [0.4, 0.5) is 5.69 Å². The van der Waals surface area contributed by atoms with Crippen LogP contribution in [-0.2, 0) is 0 Å². The number of anilines is 1. The van der Waals surface area contributed by atoms with Crippen molar-refractivity contribution in [1.82, 2.24) is 0 Å². The van der Waals surface area contributed by atoms with Gasteiger partial charge in [0.1, 0.15) is 0 Å². The van der Waals surface area contributed by atoms with Crippen molar-refractivity contribution in [1.29, 1.82) is 0 Å². The Hall–Kier alpha value is -1.09. The lowest BCUT2D eigenvalue weighted by atomic mass is 9.77. The number of rotatable bonds is 2. The largest absolute Gasteiger partial charge is 0.489 e. The molecule has 2 aromatic carbocycles. The van der Waals surface area contributed by atoms with Crippen LogP contribution in [-0.4, -0.2) is 17.2 Å². The summed E-state index contributed by atoms with van der Waals surface area (Å²) >= 11 is 0. The smallest absolute Gasteiger partial charge is 0.423 e. The Morgan fingerprint density at radius 3 is 2.27 bits per heavy atom. The lowest BCUT2D eigenvalue weighted by molar-refractivity contribution is 0.426. The first-order chi connectivity index (χ1) is 7.24. The van der Waals surface area contributed by atoms with E-state index in [4.69, 9.17) is 0 Å². The monoisotopic (exact) mass is 219 g/mol. The SMILES string of the molecule is OB(O)c1ccc(NP)c2ccccc12. The van der Waals surface area contributed by atoms with E-state index >= 15 is 0 Å². The highest BCUT2D eigenvalue weighted by Gasteiger charge is 2.15. The van der Waals surface area contributed by atoms with Gasteiger partial charge in [0.15, 0.2) is 0 Å². The van der Waals surface area contributed by atoms with Crippen molar-refractivity contribution in [3.05, 3.63) is 36.4 Å². The Morgan fingerprint density at radius 1 is 1.00 bits per heavy atom. The summed E-state index contributed by atoms with van der Waals surface area (Å²) in [4.78, 5) is 0. The summed E-state index contributed by atoms with van der Waals surface area (Å²) < 4.78 is 0. The third-order valence-corrected chi connectivity index (χ3v) is 2.70. The number of hydrogen-bond donors (Lipinski definition) is 3. The van der Waals surface area contributed by atoms with Crippen LogP contribution in [0.25, 0.3) is 10.8 Å². The second-order valence-electron chi connectivity index (χ2n) is 3.27. The molecular weight excluding hydrogens is 208 g/mol. The van der Waals surface area contributed by atoms with Crippen molar-refractivity contribution < 1.29 is 10.0 Å². The van der Waals surface area contributed by atoms with Crippen LogP contribution in [0, 0.1) is 0 Å². The van der Waals surface area contributed by atoms with E-state index in [1.165, 1.54) is 0 Å². The van der Waals surface area contributed by atoms with Crippen molar-refractivity contribution in [2.24, 2.45) is 0 Å². The fourth-order valence-corrected chi connectivity index (χ4v) is 1.93. The second-order valence-corrected chi connectivity index (χ2v) is 3.55. The minimum Gasteiger partial charge on any atom is -0.423 e. The van der Waals surface area contributed by atoms with Crippen molar-refractivity contribution in [3.63, 3.8) is 0 Å². The van der Waals surface area contributed by atoms with Crippen LogP contribution in [0.3, 0.4) is 0 Å². The summed E-state index contributed by atoms with van der Waals surface area (Å²) in [5.41, 5.74) is 1.47. The molecule has 3 nitrogen and oxygen atoms in total. The Balaban J connectivity index is 2.77. The standard InChI is InChI=1S/C10H11BNO2P/c13-11(14)9-5-6-10(12-15)8-4-2-1-3-7(8)9/h1-6,12-14H,15H2. The molecule has 0 aromatic heterocycles. The van der Waals surface area contributed by atoms with Gasteiger partial charge in [0, 0.05) is 11.1 Å². The molecule has 0 fully saturated rings. The quantitative estimate of drug-likeness (QED) is 0.515. The summed E-state index contributed by atoms with van der Waals surface area (Å²) in [6.07, 6.45) is 0. The molecule has 76 valence electrons. The maximum absolute atomic E-state index is 9.22. The fourth-order valence-electron chi connectivity index (χ4n) is 1.67. The zero-order valence-corrected chi connectivity index (χ0v) is 9.17. The van der Waals surface area contributed by atoms with E-state index < -0.39 is 7.12 Å². The molecule has 0 aliphatic carbocycles. The van der Waals surface area contributed by atoms with Crippen LogP contribution < -0.4 is 10.6 Å². The molecule has 0 bridgehead atoms. The van der Waals surface area contributed by atoms with Crippen molar-refractivity contribution in [3.8, 4) is 0 Å². The summed E-state index contributed by atoms with van der Waals surface area (Å²) in [6, 6.07) is 11.1. The highest BCUT2D eigenvalue weighted by molar-refractivity contribution is 7.18. The molecule has 0 aliphatic rings. The van der Waals surface area contributed by atoms with Gasteiger partial charge in [-0.25, -0.2) is 0 Å². The third kappa shape index (κ3) is 1.84. The van der Waals surface area contributed by atoms with Gasteiger partial charge in [-0.2, -0.15) is 0 Å². The zero-order valence-electron chi connectivity index (χ0n) is 8.01. The number of hydrogen-bond acceptors (Lipinski definition) is 3. The molecule has 0 aliphatic heterocycles. The number of nitrogens with one attached hydrogen (secondary N) is 1. The van der Waals surface area contributed by atoms with Crippen LogP contribution in [0.15, 0.2) is 36.4 Å². The maximum atomic E-state index is 9.22. The van der Waals surface area contributed by atoms with E-state index in [0.29, 0.717) is 5.46 Å². The molecule has 15 heavy (non-hydrogen) atoms. The van der Waals surface area contributed by atoms with E-state index in [9.17, 15) is 10.0 Å². The van der Waals surface area contributed by atoms with Crippen molar-refractivity contribution in [2.75, 3.05) is 5.09 Å². The first-order valence-electron chi connectivity index (χ1n) is 4.58. The van der Waals surface area contributed by atoms with E-state index in [-0.39, 0.29) is 0 Å². The van der Waals surface area contributed by atoms with Gasteiger partial charge in [0.05, 0.1) is 0 Å². The molecule has 0 saturated carbocycles. The highest BCUT2D eigenvalue weighted by Crippen LogP contribution is 2.22. The molecular formula is C10H11BNO2P. The van der Waals surface area contributed by atoms with Gasteiger partial charge in [-0.1, -0.05) is 30.3 Å². The Kier molecular flexibility index (Phi) is 2.92. The predicted molar refractivity (Wildman–Crippen MR) is 67.1 cm³/mol. The van der Waals surface area contributed by atoms with Crippen LogP contribution in [0.2, 0.25) is 0 Å². The molecule has 5 heteroatoms. The molecule has 2 rings (SSSR count). The topological polar surface area (TPSA) is 52.5 Å². The van der Waals surface area contributed by atoms with Gasteiger partial charge in [-0.15, -0.1) is 0 Å².